The molecule has 0 amide bonds. The molecule has 10 nitrogen and oxygen atoms in total. The molecule has 0 saturated heterocycles. The van der Waals surface area contributed by atoms with E-state index in [2.05, 4.69) is 0 Å². The van der Waals surface area contributed by atoms with Gasteiger partial charge in [-0.25, -0.2) is 4.99 Å². The van der Waals surface area contributed by atoms with Crippen LogP contribution in [0.1, 0.15) is 43.9 Å². The van der Waals surface area contributed by atoms with E-state index in [0.29, 0.717) is 28.1 Å². The number of nitro benzene ring substituents is 2. The third-order valence-electron chi connectivity index (χ3n) is 6.34. The summed E-state index contributed by atoms with van der Waals surface area (Å²) in [6, 6.07) is 11.1. The maximum atomic E-state index is 13.6. The van der Waals surface area contributed by atoms with Crippen LogP contribution >= 0.6 is 11.3 Å². The molecule has 3 aromatic rings. The predicted molar refractivity (Wildman–Crippen MR) is 132 cm³/mol. The number of thiazole rings is 1. The molecule has 1 aromatic heterocycles. The van der Waals surface area contributed by atoms with Gasteiger partial charge in [0.2, 0.25) is 0 Å². The quantitative estimate of drug-likeness (QED) is 0.394. The van der Waals surface area contributed by atoms with Crippen LogP contribution in [0.4, 0.5) is 11.4 Å². The van der Waals surface area contributed by atoms with E-state index in [1.165, 1.54) is 28.8 Å². The van der Waals surface area contributed by atoms with E-state index in [4.69, 9.17) is 4.99 Å². The largest absolute Gasteiger partial charge is 0.294 e. The van der Waals surface area contributed by atoms with E-state index < -0.39 is 21.4 Å². The molecule has 0 spiro atoms. The molecule has 1 aliphatic heterocycles. The van der Waals surface area contributed by atoms with E-state index in [1.54, 1.807) is 30.3 Å². The molecule has 2 aromatic carbocycles. The average molecular weight is 505 g/mol. The molecule has 2 aliphatic rings. The van der Waals surface area contributed by atoms with Crippen LogP contribution < -0.4 is 14.9 Å². The fourth-order valence-corrected chi connectivity index (χ4v) is 5.77. The second-order valence-electron chi connectivity index (χ2n) is 9.55. The Labute approximate surface area is 207 Å². The highest BCUT2D eigenvalue weighted by Gasteiger charge is 2.40. The van der Waals surface area contributed by atoms with Gasteiger partial charge in [0, 0.05) is 30.2 Å². The minimum Gasteiger partial charge on any atom is -0.294 e. The molecule has 36 heavy (non-hydrogen) atoms. The third kappa shape index (κ3) is 3.97. The lowest BCUT2D eigenvalue weighted by Crippen LogP contribution is -2.42. The number of fused-ring (bicyclic) bond motifs is 1. The van der Waals surface area contributed by atoms with Crippen molar-refractivity contribution in [1.82, 2.24) is 4.57 Å². The molecule has 0 bridgehead atoms. The normalized spacial score (nSPS) is 18.9. The van der Waals surface area contributed by atoms with Crippen molar-refractivity contribution in [2.45, 2.75) is 32.7 Å². The summed E-state index contributed by atoms with van der Waals surface area (Å²) in [5, 5.41) is 22.6. The first-order valence-corrected chi connectivity index (χ1v) is 11.9. The highest BCUT2D eigenvalue weighted by molar-refractivity contribution is 7.07. The highest BCUT2D eigenvalue weighted by Crippen LogP contribution is 2.43. The van der Waals surface area contributed by atoms with E-state index in [1.807, 2.05) is 13.8 Å². The monoisotopic (exact) mass is 504 g/mol. The van der Waals surface area contributed by atoms with Gasteiger partial charge in [0.15, 0.2) is 10.6 Å². The number of nitrogens with zero attached hydrogens (tertiary/aromatic N) is 4. The van der Waals surface area contributed by atoms with E-state index in [0.717, 1.165) is 11.3 Å². The number of nitro groups is 2. The van der Waals surface area contributed by atoms with Crippen molar-refractivity contribution in [2.75, 3.05) is 0 Å². The summed E-state index contributed by atoms with van der Waals surface area (Å²) in [5.41, 5.74) is 0.850. The standard InChI is InChI=1S/C25H20N4O6S/c1-25(2)12-17-21(19(30)13-25)22(14-7-9-16(10-8-14)28(32)33)27-23(31)20(36-24(27)26-17)11-15-5-3-4-6-18(15)29(34)35/h3-11,22H,12-13H2,1-2H3. The Morgan fingerprint density at radius 2 is 1.72 bits per heavy atom. The minimum atomic E-state index is -0.798. The van der Waals surface area contributed by atoms with Crippen molar-refractivity contribution in [2.24, 2.45) is 10.4 Å². The zero-order chi connectivity index (χ0) is 25.8. The molecule has 0 fully saturated rings. The van der Waals surface area contributed by atoms with Crippen molar-refractivity contribution >= 4 is 34.6 Å². The second-order valence-corrected chi connectivity index (χ2v) is 10.6. The van der Waals surface area contributed by atoms with Crippen LogP contribution in [0.2, 0.25) is 0 Å². The van der Waals surface area contributed by atoms with Crippen molar-refractivity contribution in [3.63, 3.8) is 0 Å². The highest BCUT2D eigenvalue weighted by atomic mass is 32.1. The van der Waals surface area contributed by atoms with Gasteiger partial charge in [-0.2, -0.15) is 0 Å². The zero-order valence-corrected chi connectivity index (χ0v) is 20.2. The number of aromatic nitrogens is 1. The number of benzene rings is 2. The fraction of sp³-hybridized carbons (Fsp3) is 0.240. The second kappa shape index (κ2) is 8.45. The van der Waals surface area contributed by atoms with Gasteiger partial charge in [-0.05, 0) is 41.7 Å². The van der Waals surface area contributed by atoms with E-state index in [9.17, 15) is 29.8 Å². The van der Waals surface area contributed by atoms with Crippen molar-refractivity contribution in [3.8, 4) is 0 Å². The number of ketones is 1. The summed E-state index contributed by atoms with van der Waals surface area (Å²) in [7, 11) is 0. The van der Waals surface area contributed by atoms with Crippen LogP contribution in [0.3, 0.4) is 0 Å². The van der Waals surface area contributed by atoms with Gasteiger partial charge in [-0.15, -0.1) is 0 Å². The van der Waals surface area contributed by atoms with Gasteiger partial charge in [0.05, 0.1) is 31.7 Å². The van der Waals surface area contributed by atoms with Gasteiger partial charge < -0.3 is 0 Å². The number of carbonyl (C=O) groups is 1. The molecule has 11 heteroatoms. The Hall–Kier alpha value is -4.25. The van der Waals surface area contributed by atoms with E-state index >= 15 is 0 Å². The Morgan fingerprint density at radius 1 is 1.03 bits per heavy atom. The maximum absolute atomic E-state index is 13.6. The van der Waals surface area contributed by atoms with Crippen LogP contribution in [0.25, 0.3) is 6.08 Å². The first kappa shape index (κ1) is 23.5. The topological polar surface area (TPSA) is 138 Å². The molecule has 1 atom stereocenters. The Kier molecular flexibility index (Phi) is 5.51. The molecular formula is C25H20N4O6S. The number of allylic oxidation sites excluding steroid dienone is 2. The first-order valence-electron chi connectivity index (χ1n) is 11.1. The maximum Gasteiger partial charge on any atom is 0.276 e. The average Bonchev–Trinajstić information content (AvgIpc) is 3.11. The molecule has 0 N–H and O–H groups in total. The molecule has 2 heterocycles. The lowest BCUT2D eigenvalue weighted by molar-refractivity contribution is -0.385. The smallest absolute Gasteiger partial charge is 0.276 e. The number of para-hydroxylation sites is 1. The van der Waals surface area contributed by atoms with Gasteiger partial charge in [-0.1, -0.05) is 37.3 Å². The number of carbonyl (C=O) groups excluding carboxylic acids is 1. The third-order valence-corrected chi connectivity index (χ3v) is 7.32. The molecule has 0 radical (unpaired) electrons. The molecule has 1 unspecified atom stereocenters. The number of Topliss-reactive ketones (excluding diaryl/α,β-unsaturated/α-hetero) is 1. The number of hydrogen-bond donors (Lipinski definition) is 0. The summed E-state index contributed by atoms with van der Waals surface area (Å²) < 4.78 is 1.66. The SMILES string of the molecule is CC1(C)CC(=O)C2=C(C1)N=c1sc(=Cc3ccccc3[N+](=O)[O-])c(=O)n1C2c1ccc([N+](=O)[O-])cc1. The van der Waals surface area contributed by atoms with Crippen molar-refractivity contribution in [1.29, 1.82) is 0 Å². The first-order chi connectivity index (χ1) is 17.1. The lowest BCUT2D eigenvalue weighted by atomic mass is 9.73. The van der Waals surface area contributed by atoms with Crippen molar-refractivity contribution in [3.05, 3.63) is 111 Å². The van der Waals surface area contributed by atoms with Gasteiger partial charge >= 0.3 is 0 Å². The van der Waals surface area contributed by atoms with Gasteiger partial charge in [-0.3, -0.25) is 34.4 Å². The van der Waals surface area contributed by atoms with Gasteiger partial charge in [0.25, 0.3) is 16.9 Å². The summed E-state index contributed by atoms with van der Waals surface area (Å²) >= 11 is 1.09. The fourth-order valence-electron chi connectivity index (χ4n) is 4.76. The summed E-state index contributed by atoms with van der Waals surface area (Å²) in [6.07, 6.45) is 2.28. The number of rotatable bonds is 4. The van der Waals surface area contributed by atoms with Crippen molar-refractivity contribution < 1.29 is 14.6 Å². The van der Waals surface area contributed by atoms with Crippen LogP contribution in [0.5, 0.6) is 0 Å². The molecule has 1 aliphatic carbocycles. The summed E-state index contributed by atoms with van der Waals surface area (Å²) in [4.78, 5) is 53.6. The number of hydrogen-bond acceptors (Lipinski definition) is 8. The van der Waals surface area contributed by atoms with Gasteiger partial charge in [0.1, 0.15) is 0 Å². The zero-order valence-electron chi connectivity index (χ0n) is 19.3. The summed E-state index contributed by atoms with van der Waals surface area (Å²) in [6.45, 7) is 3.96. The Balaban J connectivity index is 1.76. The van der Waals surface area contributed by atoms with Crippen LogP contribution in [0.15, 0.2) is 69.6 Å². The number of non-ortho nitro benzene ring substituents is 1. The Morgan fingerprint density at radius 3 is 2.39 bits per heavy atom. The minimum absolute atomic E-state index is 0.104. The summed E-state index contributed by atoms with van der Waals surface area (Å²) in [5.74, 6) is -0.124. The van der Waals surface area contributed by atoms with Crippen LogP contribution in [-0.2, 0) is 4.79 Å². The molecule has 0 saturated carbocycles. The van der Waals surface area contributed by atoms with E-state index in [-0.39, 0.29) is 39.1 Å². The van der Waals surface area contributed by atoms with Crippen LogP contribution in [-0.4, -0.2) is 20.2 Å². The van der Waals surface area contributed by atoms with Crippen LogP contribution in [0, 0.1) is 25.6 Å². The Bertz CT molecular complexity index is 1660. The molecule has 5 rings (SSSR count). The lowest BCUT2D eigenvalue weighted by Gasteiger charge is -2.35. The molecular weight excluding hydrogens is 484 g/mol. The molecule has 182 valence electrons. The predicted octanol–water partition coefficient (Wildman–Crippen LogP) is 3.42.